The smallest absolute Gasteiger partial charge is 0.100 e. The Morgan fingerprint density at radius 3 is 2.24 bits per heavy atom. The van der Waals surface area contributed by atoms with E-state index in [1.165, 1.54) is 60.1 Å². The zero-order chi connectivity index (χ0) is 20.2. The molecule has 0 amide bonds. The number of rotatable bonds is 6. The van der Waals surface area contributed by atoms with Crippen LogP contribution >= 0.6 is 0 Å². The molecule has 1 saturated carbocycles. The van der Waals surface area contributed by atoms with Crippen molar-refractivity contribution in [3.63, 3.8) is 0 Å². The van der Waals surface area contributed by atoms with Gasteiger partial charge in [-0.3, -0.25) is 4.68 Å². The fourth-order valence-electron chi connectivity index (χ4n) is 4.88. The fourth-order valence-corrected chi connectivity index (χ4v) is 4.88. The van der Waals surface area contributed by atoms with Gasteiger partial charge in [-0.05, 0) is 55.2 Å². The zero-order valence-corrected chi connectivity index (χ0v) is 18.2. The Hall–Kier alpha value is -2.35. The maximum Gasteiger partial charge on any atom is 0.100 e. The molecule has 2 aromatic carbocycles. The third kappa shape index (κ3) is 4.32. The normalized spacial score (nSPS) is 19.4. The molecule has 0 saturated heterocycles. The largest absolute Gasteiger partial charge is 0.268 e. The van der Waals surface area contributed by atoms with Gasteiger partial charge in [0.1, 0.15) is 5.69 Å². The lowest BCUT2D eigenvalue weighted by atomic mass is 9.81. The van der Waals surface area contributed by atoms with Gasteiger partial charge in [-0.1, -0.05) is 81.6 Å². The molecule has 1 heterocycles. The van der Waals surface area contributed by atoms with Crippen molar-refractivity contribution < 1.29 is 0 Å². The van der Waals surface area contributed by atoms with Gasteiger partial charge >= 0.3 is 0 Å². The molecule has 0 atom stereocenters. The van der Waals surface area contributed by atoms with Gasteiger partial charge in [-0.25, -0.2) is 0 Å². The Kier molecular flexibility index (Phi) is 6.18. The second kappa shape index (κ2) is 8.98. The summed E-state index contributed by atoms with van der Waals surface area (Å²) in [4.78, 5) is 0. The molecule has 152 valence electrons. The van der Waals surface area contributed by atoms with Gasteiger partial charge in [0.05, 0.1) is 0 Å². The first-order chi connectivity index (χ1) is 14.2. The highest BCUT2D eigenvalue weighted by Gasteiger charge is 2.23. The summed E-state index contributed by atoms with van der Waals surface area (Å²) in [5, 5.41) is 5.18. The maximum atomic E-state index is 5.18. The molecule has 0 unspecified atom stereocenters. The average Bonchev–Trinajstić information content (AvgIpc) is 3.11. The molecule has 0 radical (unpaired) electrons. The van der Waals surface area contributed by atoms with E-state index < -0.39 is 0 Å². The lowest BCUT2D eigenvalue weighted by Crippen LogP contribution is -2.20. The third-order valence-corrected chi connectivity index (χ3v) is 6.85. The molecular formula is C27H34N2. The minimum absolute atomic E-state index is 0.759. The highest BCUT2D eigenvalue weighted by Crippen LogP contribution is 2.37. The minimum atomic E-state index is 0.759. The molecule has 2 heteroatoms. The van der Waals surface area contributed by atoms with Crippen LogP contribution in [0.2, 0.25) is 0 Å². The Labute approximate surface area is 176 Å². The van der Waals surface area contributed by atoms with Crippen molar-refractivity contribution in [3.05, 3.63) is 65.9 Å². The van der Waals surface area contributed by atoms with Crippen LogP contribution in [0.15, 0.2) is 54.6 Å². The monoisotopic (exact) mass is 386 g/mol. The van der Waals surface area contributed by atoms with Gasteiger partial charge in [-0.2, -0.15) is 5.10 Å². The fraction of sp³-hybridized carbons (Fsp3) is 0.444. The van der Waals surface area contributed by atoms with Crippen LogP contribution < -0.4 is 0 Å². The molecule has 0 bridgehead atoms. The van der Waals surface area contributed by atoms with E-state index in [-0.39, 0.29) is 0 Å². The predicted octanol–water partition coefficient (Wildman–Crippen LogP) is 7.30. The number of aryl methyl sites for hydroxylation is 1. The summed E-state index contributed by atoms with van der Waals surface area (Å²) in [7, 11) is 0. The number of benzene rings is 2. The Bertz CT molecular complexity index is 930. The number of hydrogen-bond acceptors (Lipinski definition) is 1. The van der Waals surface area contributed by atoms with E-state index in [0.717, 1.165) is 30.5 Å². The van der Waals surface area contributed by atoms with E-state index in [2.05, 4.69) is 80.1 Å². The van der Waals surface area contributed by atoms with Gasteiger partial charge in [0.15, 0.2) is 0 Å². The molecular weight excluding hydrogens is 352 g/mol. The van der Waals surface area contributed by atoms with Crippen molar-refractivity contribution in [2.45, 2.75) is 65.8 Å². The van der Waals surface area contributed by atoms with Crippen LogP contribution in [-0.4, -0.2) is 9.78 Å². The van der Waals surface area contributed by atoms with Crippen molar-refractivity contribution in [1.82, 2.24) is 9.78 Å². The lowest BCUT2D eigenvalue weighted by Gasteiger charge is -2.28. The van der Waals surface area contributed by atoms with Crippen LogP contribution in [0.5, 0.6) is 0 Å². The average molecular weight is 387 g/mol. The molecule has 2 nitrogen and oxygen atoms in total. The predicted molar refractivity (Wildman–Crippen MR) is 123 cm³/mol. The second-order valence-electron chi connectivity index (χ2n) is 8.71. The van der Waals surface area contributed by atoms with E-state index in [1.807, 2.05) is 0 Å². The van der Waals surface area contributed by atoms with Gasteiger partial charge in [0.2, 0.25) is 0 Å². The van der Waals surface area contributed by atoms with Gasteiger partial charge in [0, 0.05) is 23.4 Å². The Morgan fingerprint density at radius 1 is 0.862 bits per heavy atom. The summed E-state index contributed by atoms with van der Waals surface area (Å²) in [6.07, 6.45) is 7.85. The topological polar surface area (TPSA) is 17.8 Å². The summed E-state index contributed by atoms with van der Waals surface area (Å²) in [5.41, 5.74) is 7.59. The molecule has 4 rings (SSSR count). The zero-order valence-electron chi connectivity index (χ0n) is 18.2. The Morgan fingerprint density at radius 2 is 1.55 bits per heavy atom. The summed E-state index contributed by atoms with van der Waals surface area (Å²) in [6.45, 7) is 7.86. The summed E-state index contributed by atoms with van der Waals surface area (Å²) in [6, 6.07) is 19.7. The van der Waals surface area contributed by atoms with Crippen LogP contribution in [0.1, 0.15) is 57.2 Å². The van der Waals surface area contributed by atoms with E-state index in [9.17, 15) is 0 Å². The second-order valence-corrected chi connectivity index (χ2v) is 8.71. The minimum Gasteiger partial charge on any atom is -0.268 e. The van der Waals surface area contributed by atoms with Crippen LogP contribution in [0.3, 0.4) is 0 Å². The van der Waals surface area contributed by atoms with E-state index in [0.29, 0.717) is 0 Å². The van der Waals surface area contributed by atoms with Crippen LogP contribution in [0.25, 0.3) is 22.4 Å². The molecule has 1 aromatic heterocycles. The molecule has 1 aliphatic carbocycles. The van der Waals surface area contributed by atoms with Gasteiger partial charge in [-0.15, -0.1) is 0 Å². The van der Waals surface area contributed by atoms with Crippen molar-refractivity contribution in [3.8, 4) is 22.4 Å². The molecule has 0 spiro atoms. The van der Waals surface area contributed by atoms with Gasteiger partial charge in [0.25, 0.3) is 0 Å². The standard InChI is InChI=1S/C27H34N2/c1-4-21-14-16-23(17-15-21)19-29-20(3)26(24-11-7-6-8-12-24)27(28-29)25-13-9-10-22(5-2)18-25/h6-13,18,21,23H,4-5,14-17,19H2,1-3H3. The van der Waals surface area contributed by atoms with Crippen molar-refractivity contribution >= 4 is 0 Å². The first-order valence-electron chi connectivity index (χ1n) is 11.4. The van der Waals surface area contributed by atoms with Crippen LogP contribution in [0, 0.1) is 18.8 Å². The molecule has 1 fully saturated rings. The van der Waals surface area contributed by atoms with Gasteiger partial charge < -0.3 is 0 Å². The van der Waals surface area contributed by atoms with Crippen LogP contribution in [0.4, 0.5) is 0 Å². The van der Waals surface area contributed by atoms with E-state index in [4.69, 9.17) is 5.10 Å². The highest BCUT2D eigenvalue weighted by molar-refractivity contribution is 5.82. The number of hydrogen-bond donors (Lipinski definition) is 0. The molecule has 29 heavy (non-hydrogen) atoms. The maximum absolute atomic E-state index is 5.18. The Balaban J connectivity index is 1.71. The molecule has 0 N–H and O–H groups in total. The SMILES string of the molecule is CCc1cccc(-c2nn(CC3CCC(CC)CC3)c(C)c2-c2ccccc2)c1. The van der Waals surface area contributed by atoms with Crippen LogP contribution in [-0.2, 0) is 13.0 Å². The summed E-state index contributed by atoms with van der Waals surface area (Å²) < 4.78 is 2.30. The number of nitrogens with zero attached hydrogens (tertiary/aromatic N) is 2. The van der Waals surface area contributed by atoms with Crippen molar-refractivity contribution in [2.24, 2.45) is 11.8 Å². The number of aromatic nitrogens is 2. The summed E-state index contributed by atoms with van der Waals surface area (Å²) in [5.74, 6) is 1.70. The molecule has 3 aromatic rings. The lowest BCUT2D eigenvalue weighted by molar-refractivity contribution is 0.241. The summed E-state index contributed by atoms with van der Waals surface area (Å²) >= 11 is 0. The molecule has 1 aliphatic rings. The van der Waals surface area contributed by atoms with E-state index in [1.54, 1.807) is 0 Å². The first kappa shape index (κ1) is 19.9. The molecule has 0 aliphatic heterocycles. The van der Waals surface area contributed by atoms with Crippen molar-refractivity contribution in [1.29, 1.82) is 0 Å². The third-order valence-electron chi connectivity index (χ3n) is 6.85. The van der Waals surface area contributed by atoms with E-state index >= 15 is 0 Å². The quantitative estimate of drug-likeness (QED) is 0.434. The van der Waals surface area contributed by atoms with Crippen molar-refractivity contribution in [2.75, 3.05) is 0 Å². The first-order valence-corrected chi connectivity index (χ1v) is 11.4. The highest BCUT2D eigenvalue weighted by atomic mass is 15.3.